The Kier molecular flexibility index (Phi) is 7.38. The van der Waals surface area contributed by atoms with Gasteiger partial charge >= 0.3 is 11.4 Å². The van der Waals surface area contributed by atoms with E-state index in [9.17, 15) is 44.5 Å². The van der Waals surface area contributed by atoms with Crippen molar-refractivity contribution in [1.29, 1.82) is 0 Å². The van der Waals surface area contributed by atoms with Gasteiger partial charge in [-0.3, -0.25) is 39.4 Å². The predicted octanol–water partition coefficient (Wildman–Crippen LogP) is 4.25. The van der Waals surface area contributed by atoms with Gasteiger partial charge in [0.25, 0.3) is 0 Å². The Hall–Kier alpha value is -5.18. The van der Waals surface area contributed by atoms with Crippen LogP contribution < -0.4 is 14.5 Å². The molecule has 0 saturated carbocycles. The number of halogens is 1. The number of anilines is 2. The standard InChI is InChI=1S/C31H25BrN4O10/c1-33(2)28-20(35(42)43)9-14(10-21(28)36(44)45)34-30(40)16-6-5-15-17(26(16)31(34)41)11-18-27(23(38)12-19(32)29(18)39)25(15)13-4-7-22(37)24(8-13)46-3/h4-5,7-10,12,16-17,25-26,37H,6,11H2,1-3H3. The number of nitro groups is 2. The number of benzene rings is 2. The summed E-state index contributed by atoms with van der Waals surface area (Å²) in [4.78, 5) is 79.3. The van der Waals surface area contributed by atoms with Crippen molar-refractivity contribution >= 4 is 62.1 Å². The molecule has 4 unspecified atom stereocenters. The summed E-state index contributed by atoms with van der Waals surface area (Å²) >= 11 is 3.17. The van der Waals surface area contributed by atoms with Gasteiger partial charge in [-0.1, -0.05) is 17.7 Å². The SMILES string of the molecule is COc1cc(C2C3=CCC4C(=O)N(c5cc([N+](=O)[O-])c(N(C)C)c([N+](=O)[O-])c5)C(=O)C4C3CC3=C2C(=O)C=C(Br)C3=O)ccc1O. The van der Waals surface area contributed by atoms with Gasteiger partial charge in [-0.2, -0.15) is 0 Å². The number of rotatable bonds is 6. The molecule has 3 aliphatic carbocycles. The molecular weight excluding hydrogens is 668 g/mol. The molecule has 6 rings (SSSR count). The lowest BCUT2D eigenvalue weighted by molar-refractivity contribution is -0.392. The normalized spacial score (nSPS) is 23.8. The van der Waals surface area contributed by atoms with Crippen LogP contribution in [0.2, 0.25) is 0 Å². The van der Waals surface area contributed by atoms with E-state index in [1.807, 2.05) is 0 Å². The zero-order valence-electron chi connectivity index (χ0n) is 24.6. The number of hydrogen-bond acceptors (Lipinski definition) is 11. The average molecular weight is 693 g/mol. The minimum atomic E-state index is -1.03. The summed E-state index contributed by atoms with van der Waals surface area (Å²) in [5.74, 6) is -5.74. The van der Waals surface area contributed by atoms with Crippen LogP contribution in [0.5, 0.6) is 11.5 Å². The maximum atomic E-state index is 14.2. The van der Waals surface area contributed by atoms with Gasteiger partial charge in [0.15, 0.2) is 28.8 Å². The van der Waals surface area contributed by atoms with E-state index in [2.05, 4.69) is 15.9 Å². The van der Waals surface area contributed by atoms with Gasteiger partial charge in [0.05, 0.1) is 39.0 Å². The third-order valence-corrected chi connectivity index (χ3v) is 9.61. The third-order valence-electron chi connectivity index (χ3n) is 9.02. The van der Waals surface area contributed by atoms with Crippen LogP contribution in [-0.2, 0) is 19.2 Å². The molecule has 2 aromatic rings. The van der Waals surface area contributed by atoms with Crippen molar-refractivity contribution in [2.75, 3.05) is 31.0 Å². The zero-order chi connectivity index (χ0) is 33.4. The molecule has 1 saturated heterocycles. The van der Waals surface area contributed by atoms with E-state index >= 15 is 0 Å². The fourth-order valence-corrected chi connectivity index (χ4v) is 7.62. The Morgan fingerprint density at radius 3 is 2.24 bits per heavy atom. The maximum absolute atomic E-state index is 14.2. The first-order valence-corrected chi connectivity index (χ1v) is 14.8. The van der Waals surface area contributed by atoms with Crippen molar-refractivity contribution in [3.05, 3.63) is 89.5 Å². The van der Waals surface area contributed by atoms with Crippen molar-refractivity contribution in [2.45, 2.75) is 18.8 Å². The molecule has 0 radical (unpaired) electrons. The zero-order valence-corrected chi connectivity index (χ0v) is 26.1. The van der Waals surface area contributed by atoms with Gasteiger partial charge in [0.2, 0.25) is 11.8 Å². The van der Waals surface area contributed by atoms with Crippen LogP contribution in [0.15, 0.2) is 63.7 Å². The Bertz CT molecular complexity index is 1880. The number of carbonyl (C=O) groups excluding carboxylic acids is 4. The lowest BCUT2D eigenvalue weighted by Gasteiger charge is -2.42. The summed E-state index contributed by atoms with van der Waals surface area (Å²) in [6, 6.07) is 6.48. The highest BCUT2D eigenvalue weighted by molar-refractivity contribution is 9.12. The molecule has 15 heteroatoms. The highest BCUT2D eigenvalue weighted by Gasteiger charge is 2.57. The van der Waals surface area contributed by atoms with Gasteiger partial charge in [-0.05, 0) is 52.4 Å². The largest absolute Gasteiger partial charge is 0.504 e. The van der Waals surface area contributed by atoms with Crippen LogP contribution in [0.3, 0.4) is 0 Å². The molecule has 1 aliphatic heterocycles. The summed E-state index contributed by atoms with van der Waals surface area (Å²) in [5, 5.41) is 34.2. The van der Waals surface area contributed by atoms with Gasteiger partial charge in [0, 0.05) is 49.4 Å². The van der Waals surface area contributed by atoms with Crippen LogP contribution >= 0.6 is 15.9 Å². The molecule has 0 bridgehead atoms. The fraction of sp³-hybridized carbons (Fsp3) is 0.290. The molecule has 4 atom stereocenters. The van der Waals surface area contributed by atoms with Gasteiger partial charge in [-0.15, -0.1) is 0 Å². The summed E-state index contributed by atoms with van der Waals surface area (Å²) in [5.41, 5.74) is -0.357. The topological polar surface area (TPSA) is 190 Å². The number of phenolic OH excluding ortho intramolecular Hbond substituents is 1. The maximum Gasteiger partial charge on any atom is 0.301 e. The minimum Gasteiger partial charge on any atom is -0.504 e. The molecule has 2 aromatic carbocycles. The number of aromatic hydroxyl groups is 1. The van der Waals surface area contributed by atoms with Gasteiger partial charge in [0.1, 0.15) is 0 Å². The second-order valence-corrected chi connectivity index (χ2v) is 12.4. The Balaban J connectivity index is 1.49. The smallest absolute Gasteiger partial charge is 0.301 e. The van der Waals surface area contributed by atoms with Crippen molar-refractivity contribution in [2.24, 2.45) is 17.8 Å². The van der Waals surface area contributed by atoms with E-state index < -0.39 is 68.3 Å². The minimum absolute atomic E-state index is 0.0334. The van der Waals surface area contributed by atoms with Crippen molar-refractivity contribution in [1.82, 2.24) is 0 Å². The van der Waals surface area contributed by atoms with E-state index in [0.717, 1.165) is 17.0 Å². The molecular formula is C31H25BrN4O10. The van der Waals surface area contributed by atoms with Crippen LogP contribution in [0.4, 0.5) is 22.7 Å². The number of phenols is 1. The van der Waals surface area contributed by atoms with E-state index in [0.29, 0.717) is 11.1 Å². The predicted molar refractivity (Wildman–Crippen MR) is 166 cm³/mol. The molecule has 1 fully saturated rings. The van der Waals surface area contributed by atoms with Crippen molar-refractivity contribution < 1.29 is 38.9 Å². The fourth-order valence-electron chi connectivity index (χ4n) is 7.17. The van der Waals surface area contributed by atoms with Gasteiger partial charge in [-0.25, -0.2) is 4.90 Å². The second kappa shape index (κ2) is 11.0. The number of carbonyl (C=O) groups is 4. The van der Waals surface area contributed by atoms with Crippen molar-refractivity contribution in [3.8, 4) is 11.5 Å². The van der Waals surface area contributed by atoms with Crippen LogP contribution in [-0.4, -0.2) is 59.5 Å². The number of hydrogen-bond donors (Lipinski definition) is 1. The van der Waals surface area contributed by atoms with Crippen LogP contribution in [0.1, 0.15) is 24.3 Å². The molecule has 14 nitrogen and oxygen atoms in total. The summed E-state index contributed by atoms with van der Waals surface area (Å²) in [7, 11) is 4.17. The molecule has 1 heterocycles. The quantitative estimate of drug-likeness (QED) is 0.150. The summed E-state index contributed by atoms with van der Waals surface area (Å²) in [6.07, 6.45) is 3.02. The second-order valence-electron chi connectivity index (χ2n) is 11.6. The lowest BCUT2D eigenvalue weighted by Crippen LogP contribution is -2.39. The molecule has 2 amide bonds. The Morgan fingerprint density at radius 2 is 1.65 bits per heavy atom. The van der Waals surface area contributed by atoms with E-state index in [-0.39, 0.29) is 51.3 Å². The molecule has 0 aromatic heterocycles. The highest BCUT2D eigenvalue weighted by atomic mass is 79.9. The van der Waals surface area contributed by atoms with E-state index in [1.54, 1.807) is 18.2 Å². The number of Topliss-reactive ketones (excluding diaryl/α,β-unsaturated/α-hetero) is 1. The van der Waals surface area contributed by atoms with E-state index in [4.69, 9.17) is 4.74 Å². The number of ketones is 2. The number of methoxy groups -OCH3 is 1. The number of ether oxygens (including phenoxy) is 1. The third kappa shape index (κ3) is 4.52. The van der Waals surface area contributed by atoms with E-state index in [1.165, 1.54) is 38.2 Å². The molecule has 1 N–H and O–H groups in total. The molecule has 4 aliphatic rings. The van der Waals surface area contributed by atoms with Crippen LogP contribution in [0.25, 0.3) is 0 Å². The Morgan fingerprint density at radius 1 is 1.00 bits per heavy atom. The molecule has 236 valence electrons. The van der Waals surface area contributed by atoms with Gasteiger partial charge < -0.3 is 14.7 Å². The number of fused-ring (bicyclic) bond motifs is 3. The monoisotopic (exact) mass is 692 g/mol. The molecule has 0 spiro atoms. The number of amides is 2. The van der Waals surface area contributed by atoms with Crippen molar-refractivity contribution in [3.63, 3.8) is 0 Å². The first kappa shape index (κ1) is 30.8. The number of allylic oxidation sites excluding steroid dienone is 6. The highest BCUT2D eigenvalue weighted by Crippen LogP contribution is 2.56. The Labute approximate surface area is 269 Å². The summed E-state index contributed by atoms with van der Waals surface area (Å²) in [6.45, 7) is 0. The number of nitrogens with zero attached hydrogens (tertiary/aromatic N) is 4. The molecule has 46 heavy (non-hydrogen) atoms. The first-order valence-electron chi connectivity index (χ1n) is 14.0. The number of imide groups is 1. The average Bonchev–Trinajstić information content (AvgIpc) is 3.27. The summed E-state index contributed by atoms with van der Waals surface area (Å²) < 4.78 is 5.34. The lowest BCUT2D eigenvalue weighted by atomic mass is 9.59. The first-order chi connectivity index (χ1) is 21.8. The van der Waals surface area contributed by atoms with Crippen LogP contribution in [0, 0.1) is 38.0 Å². The number of nitro benzene ring substituents is 2.